The molecular formula is C14H19ClN2O2. The molecule has 1 aliphatic rings. The number of hydrogen-bond acceptors (Lipinski definition) is 3. The zero-order valence-corrected chi connectivity index (χ0v) is 11.7. The van der Waals surface area contributed by atoms with E-state index >= 15 is 0 Å². The number of halogens is 1. The number of hydrogen-bond donors (Lipinski definition) is 2. The van der Waals surface area contributed by atoms with Crippen LogP contribution in [0.3, 0.4) is 0 Å². The Bertz CT molecular complexity index is 459. The quantitative estimate of drug-likeness (QED) is 0.894. The number of benzene rings is 1. The molecule has 5 heteroatoms. The highest BCUT2D eigenvalue weighted by Crippen LogP contribution is 2.22. The lowest BCUT2D eigenvalue weighted by Gasteiger charge is -2.26. The number of carbonyl (C=O) groups is 1. The molecule has 104 valence electrons. The summed E-state index contributed by atoms with van der Waals surface area (Å²) in [6.07, 6.45) is 1.68. The summed E-state index contributed by atoms with van der Waals surface area (Å²) in [6.45, 7) is 3.28. The molecule has 1 fully saturated rings. The van der Waals surface area contributed by atoms with E-state index < -0.39 is 6.04 Å². The molecule has 1 atom stereocenters. The van der Waals surface area contributed by atoms with E-state index in [2.05, 4.69) is 5.32 Å². The van der Waals surface area contributed by atoms with Crippen molar-refractivity contribution < 1.29 is 9.53 Å². The summed E-state index contributed by atoms with van der Waals surface area (Å²) in [6, 6.07) is 4.88. The summed E-state index contributed by atoms with van der Waals surface area (Å²) in [5.41, 5.74) is 7.72. The topological polar surface area (TPSA) is 64.4 Å². The summed E-state index contributed by atoms with van der Waals surface area (Å²) >= 11 is 5.89. The molecule has 0 saturated carbocycles. The highest BCUT2D eigenvalue weighted by Gasteiger charge is 2.26. The van der Waals surface area contributed by atoms with E-state index in [0.29, 0.717) is 18.2 Å². The Kier molecular flexibility index (Phi) is 4.80. The molecule has 1 aromatic rings. The maximum absolute atomic E-state index is 12.1. The van der Waals surface area contributed by atoms with Gasteiger partial charge in [0.2, 0.25) is 5.91 Å². The van der Waals surface area contributed by atoms with Crippen molar-refractivity contribution >= 4 is 23.2 Å². The van der Waals surface area contributed by atoms with Gasteiger partial charge in [0.1, 0.15) is 0 Å². The Morgan fingerprint density at radius 2 is 2.16 bits per heavy atom. The first-order valence-corrected chi connectivity index (χ1v) is 6.86. The number of nitrogens with one attached hydrogen (secondary N) is 1. The van der Waals surface area contributed by atoms with Crippen LogP contribution in [-0.2, 0) is 9.53 Å². The van der Waals surface area contributed by atoms with Crippen molar-refractivity contribution in [3.05, 3.63) is 28.8 Å². The third-order valence-corrected chi connectivity index (χ3v) is 3.76. The molecule has 0 radical (unpaired) electrons. The van der Waals surface area contributed by atoms with E-state index in [1.54, 1.807) is 12.1 Å². The Morgan fingerprint density at radius 1 is 1.47 bits per heavy atom. The molecule has 0 aliphatic carbocycles. The van der Waals surface area contributed by atoms with Gasteiger partial charge in [-0.1, -0.05) is 11.6 Å². The van der Waals surface area contributed by atoms with Crippen molar-refractivity contribution in [2.45, 2.75) is 25.8 Å². The first kappa shape index (κ1) is 14.3. The molecule has 1 aliphatic heterocycles. The van der Waals surface area contributed by atoms with Crippen molar-refractivity contribution in [3.63, 3.8) is 0 Å². The summed E-state index contributed by atoms with van der Waals surface area (Å²) in [5.74, 6) is 0.0543. The molecule has 1 heterocycles. The van der Waals surface area contributed by atoms with E-state index in [1.165, 1.54) is 0 Å². The van der Waals surface area contributed by atoms with E-state index in [-0.39, 0.29) is 11.8 Å². The normalized spacial score (nSPS) is 18.1. The third-order valence-electron chi connectivity index (χ3n) is 3.52. The van der Waals surface area contributed by atoms with Gasteiger partial charge in [0.15, 0.2) is 0 Å². The van der Waals surface area contributed by atoms with Gasteiger partial charge in [-0.15, -0.1) is 0 Å². The third kappa shape index (κ3) is 3.69. The van der Waals surface area contributed by atoms with E-state index in [9.17, 15) is 4.79 Å². The van der Waals surface area contributed by atoms with Gasteiger partial charge >= 0.3 is 0 Å². The lowest BCUT2D eigenvalue weighted by Crippen LogP contribution is -2.44. The summed E-state index contributed by atoms with van der Waals surface area (Å²) in [4.78, 5) is 12.1. The minimum atomic E-state index is -0.487. The van der Waals surface area contributed by atoms with E-state index in [1.807, 2.05) is 13.0 Å². The van der Waals surface area contributed by atoms with Crippen LogP contribution in [0.4, 0.5) is 5.69 Å². The average molecular weight is 283 g/mol. The molecule has 4 nitrogen and oxygen atoms in total. The molecular weight excluding hydrogens is 264 g/mol. The average Bonchev–Trinajstić information content (AvgIpc) is 2.42. The standard InChI is InChI=1S/C14H19ClN2O2/c1-9-8-11(15)2-3-12(9)17-14(18)13(16)10-4-6-19-7-5-10/h2-3,8,10,13H,4-7,16H2,1H3,(H,17,18). The van der Waals surface area contributed by atoms with Crippen molar-refractivity contribution in [3.8, 4) is 0 Å². The molecule has 0 aromatic heterocycles. The second kappa shape index (κ2) is 6.37. The van der Waals surface area contributed by atoms with Gasteiger partial charge in [0.25, 0.3) is 0 Å². The van der Waals surface area contributed by atoms with Gasteiger partial charge in [-0.25, -0.2) is 0 Å². The van der Waals surface area contributed by atoms with Crippen LogP contribution in [0.1, 0.15) is 18.4 Å². The number of ether oxygens (including phenoxy) is 1. The van der Waals surface area contributed by atoms with Crippen LogP contribution in [0.15, 0.2) is 18.2 Å². The molecule has 19 heavy (non-hydrogen) atoms. The smallest absolute Gasteiger partial charge is 0.241 e. The molecule has 0 bridgehead atoms. The fourth-order valence-electron chi connectivity index (χ4n) is 2.27. The lowest BCUT2D eigenvalue weighted by atomic mass is 9.92. The van der Waals surface area contributed by atoms with Crippen molar-refractivity contribution in [1.82, 2.24) is 0 Å². The van der Waals surface area contributed by atoms with Gasteiger partial charge in [-0.3, -0.25) is 4.79 Å². The monoisotopic (exact) mass is 282 g/mol. The number of carbonyl (C=O) groups excluding carboxylic acids is 1. The first-order valence-electron chi connectivity index (χ1n) is 6.48. The van der Waals surface area contributed by atoms with E-state index in [4.69, 9.17) is 22.1 Å². The van der Waals surface area contributed by atoms with Crippen LogP contribution in [0.25, 0.3) is 0 Å². The molecule has 1 saturated heterocycles. The van der Waals surface area contributed by atoms with Gasteiger partial charge in [0, 0.05) is 23.9 Å². The van der Waals surface area contributed by atoms with Crippen molar-refractivity contribution in [1.29, 1.82) is 0 Å². The highest BCUT2D eigenvalue weighted by atomic mass is 35.5. The van der Waals surface area contributed by atoms with Crippen LogP contribution in [0, 0.1) is 12.8 Å². The highest BCUT2D eigenvalue weighted by molar-refractivity contribution is 6.30. The zero-order chi connectivity index (χ0) is 13.8. The van der Waals surface area contributed by atoms with Gasteiger partial charge < -0.3 is 15.8 Å². The predicted octanol–water partition coefficient (Wildman–Crippen LogP) is 2.34. The van der Waals surface area contributed by atoms with Crippen LogP contribution in [0.2, 0.25) is 5.02 Å². The van der Waals surface area contributed by atoms with Gasteiger partial charge in [0.05, 0.1) is 6.04 Å². The number of nitrogens with two attached hydrogens (primary N) is 1. The van der Waals surface area contributed by atoms with Crippen LogP contribution in [-0.4, -0.2) is 25.2 Å². The summed E-state index contributed by atoms with van der Waals surface area (Å²) in [5, 5.41) is 3.53. The first-order chi connectivity index (χ1) is 9.08. The SMILES string of the molecule is Cc1cc(Cl)ccc1NC(=O)C(N)C1CCOCC1. The van der Waals surface area contributed by atoms with E-state index in [0.717, 1.165) is 24.1 Å². The largest absolute Gasteiger partial charge is 0.381 e. The zero-order valence-electron chi connectivity index (χ0n) is 11.0. The second-order valence-electron chi connectivity index (χ2n) is 4.92. The number of rotatable bonds is 3. The van der Waals surface area contributed by atoms with Crippen LogP contribution >= 0.6 is 11.6 Å². The molecule has 1 amide bonds. The van der Waals surface area contributed by atoms with Crippen LogP contribution < -0.4 is 11.1 Å². The minimum Gasteiger partial charge on any atom is -0.381 e. The fraction of sp³-hybridized carbons (Fsp3) is 0.500. The molecule has 3 N–H and O–H groups in total. The second-order valence-corrected chi connectivity index (χ2v) is 5.36. The number of aryl methyl sites for hydroxylation is 1. The lowest BCUT2D eigenvalue weighted by molar-refractivity contribution is -0.119. The molecule has 2 rings (SSSR count). The molecule has 1 aromatic carbocycles. The Morgan fingerprint density at radius 3 is 2.79 bits per heavy atom. The van der Waals surface area contributed by atoms with Gasteiger partial charge in [-0.2, -0.15) is 0 Å². The van der Waals surface area contributed by atoms with Crippen LogP contribution in [0.5, 0.6) is 0 Å². The van der Waals surface area contributed by atoms with Crippen molar-refractivity contribution in [2.24, 2.45) is 11.7 Å². The molecule has 1 unspecified atom stereocenters. The fourth-order valence-corrected chi connectivity index (χ4v) is 2.50. The minimum absolute atomic E-state index is 0.141. The van der Waals surface area contributed by atoms with Crippen molar-refractivity contribution in [2.75, 3.05) is 18.5 Å². The maximum Gasteiger partial charge on any atom is 0.241 e. The Balaban J connectivity index is 1.99. The summed E-state index contributed by atoms with van der Waals surface area (Å²) in [7, 11) is 0. The number of anilines is 1. The molecule has 0 spiro atoms. The predicted molar refractivity (Wildman–Crippen MR) is 76.3 cm³/mol. The Hall–Kier alpha value is -1.10. The van der Waals surface area contributed by atoms with Gasteiger partial charge in [-0.05, 0) is 49.4 Å². The summed E-state index contributed by atoms with van der Waals surface area (Å²) < 4.78 is 5.28. The Labute approximate surface area is 118 Å². The number of amides is 1. The maximum atomic E-state index is 12.1.